The predicted octanol–water partition coefficient (Wildman–Crippen LogP) is 5.47. The van der Waals surface area contributed by atoms with Gasteiger partial charge in [-0.15, -0.1) is 4.99 Å². The highest BCUT2D eigenvalue weighted by atomic mass is 16.5. The highest BCUT2D eigenvalue weighted by molar-refractivity contribution is 5.83. The molecule has 35 heavy (non-hydrogen) atoms. The van der Waals surface area contributed by atoms with Crippen LogP contribution in [0.4, 0.5) is 0 Å². The first kappa shape index (κ1) is 27.2. The topological polar surface area (TPSA) is 91.5 Å². The number of hydrogen-bond acceptors (Lipinski definition) is 6. The monoisotopic (exact) mass is 483 g/mol. The van der Waals surface area contributed by atoms with Gasteiger partial charge in [-0.2, -0.15) is 11.6 Å². The summed E-state index contributed by atoms with van der Waals surface area (Å²) < 4.78 is 12.0. The van der Waals surface area contributed by atoms with Crippen LogP contribution in [0.5, 0.6) is 11.5 Å². The normalized spacial score (nSPS) is 18.2. The van der Waals surface area contributed by atoms with Crippen molar-refractivity contribution in [3.8, 4) is 11.5 Å². The molecule has 2 atom stereocenters. The summed E-state index contributed by atoms with van der Waals surface area (Å²) in [6.07, 6.45) is 15.2. The molecule has 3 rings (SSSR count). The van der Waals surface area contributed by atoms with Crippen molar-refractivity contribution in [3.63, 3.8) is 0 Å². The van der Waals surface area contributed by atoms with Crippen LogP contribution in [0.2, 0.25) is 0 Å². The fourth-order valence-corrected chi connectivity index (χ4v) is 4.43. The number of rotatable bonds is 16. The smallest absolute Gasteiger partial charge is 0.176 e. The predicted molar refractivity (Wildman–Crippen MR) is 139 cm³/mol. The molecule has 0 saturated heterocycles. The van der Waals surface area contributed by atoms with Gasteiger partial charge >= 0.3 is 0 Å². The van der Waals surface area contributed by atoms with Gasteiger partial charge in [0.1, 0.15) is 12.2 Å². The van der Waals surface area contributed by atoms with Crippen LogP contribution >= 0.6 is 0 Å². The SMILES string of the molecule is CCCCC1O[C-](CCc2ccc(O)c(OCC[C+]3C=C([C@H](C)CCCCO)C=N3)c2)C=C1CO. The molecule has 6 heteroatoms. The summed E-state index contributed by atoms with van der Waals surface area (Å²) in [6.45, 7) is 5.07. The van der Waals surface area contributed by atoms with Gasteiger partial charge in [0, 0.05) is 25.2 Å². The van der Waals surface area contributed by atoms with E-state index in [1.807, 2.05) is 24.4 Å². The summed E-state index contributed by atoms with van der Waals surface area (Å²) in [4.78, 5) is 4.52. The summed E-state index contributed by atoms with van der Waals surface area (Å²) in [7, 11) is 0. The zero-order chi connectivity index (χ0) is 25.0. The lowest BCUT2D eigenvalue weighted by Crippen LogP contribution is -2.13. The molecule has 3 N–H and O–H groups in total. The zero-order valence-corrected chi connectivity index (χ0v) is 21.2. The maximum atomic E-state index is 10.2. The first-order chi connectivity index (χ1) is 17.0. The van der Waals surface area contributed by atoms with Crippen molar-refractivity contribution >= 4 is 6.21 Å². The van der Waals surface area contributed by atoms with Gasteiger partial charge in [0.2, 0.25) is 0 Å². The number of allylic oxidation sites excluding steroid dienone is 1. The lowest BCUT2D eigenvalue weighted by atomic mass is 9.95. The van der Waals surface area contributed by atoms with E-state index < -0.39 is 0 Å². The molecule has 2 aliphatic heterocycles. The van der Waals surface area contributed by atoms with Crippen LogP contribution in [0.1, 0.15) is 70.8 Å². The van der Waals surface area contributed by atoms with E-state index in [0.29, 0.717) is 24.7 Å². The van der Waals surface area contributed by atoms with Crippen molar-refractivity contribution < 1.29 is 24.8 Å². The molecule has 1 unspecified atom stereocenters. The summed E-state index contributed by atoms with van der Waals surface area (Å²) in [5.41, 5.74) is 3.26. The summed E-state index contributed by atoms with van der Waals surface area (Å²) >= 11 is 0. The van der Waals surface area contributed by atoms with E-state index >= 15 is 0 Å². The van der Waals surface area contributed by atoms with Gasteiger partial charge in [-0.25, -0.2) is 0 Å². The molecule has 1 aromatic carbocycles. The average molecular weight is 484 g/mol. The van der Waals surface area contributed by atoms with E-state index in [-0.39, 0.29) is 25.1 Å². The Morgan fingerprint density at radius 2 is 2.09 bits per heavy atom. The molecule has 0 aliphatic carbocycles. The third-order valence-corrected chi connectivity index (χ3v) is 6.68. The molecule has 1 aromatic rings. The zero-order valence-electron chi connectivity index (χ0n) is 21.2. The Morgan fingerprint density at radius 3 is 2.86 bits per heavy atom. The Hall–Kier alpha value is -2.41. The van der Waals surface area contributed by atoms with Crippen LogP contribution in [0.15, 0.2) is 46.5 Å². The third-order valence-electron chi connectivity index (χ3n) is 6.68. The second-order valence-corrected chi connectivity index (χ2v) is 9.51. The molecule has 0 amide bonds. The van der Waals surface area contributed by atoms with Crippen LogP contribution in [-0.2, 0) is 11.2 Å². The maximum Gasteiger partial charge on any atom is 0.176 e. The van der Waals surface area contributed by atoms with E-state index in [4.69, 9.17) is 14.6 Å². The standard InChI is InChI=1S/C29H41NO5/c1-3-4-8-28-24(20-32)18-26(35-28)11-9-22-10-12-27(33)29(16-22)34-15-13-25-17-23(19-30-25)21(2)7-5-6-14-31/h10,12,16-19,21,28,31-33H,3-9,11,13-15,20H2,1-2H3/t21-,28?/m1/s1. The molecular weight excluding hydrogens is 442 g/mol. The Bertz CT molecular complexity index is 878. The van der Waals surface area contributed by atoms with Gasteiger partial charge < -0.3 is 24.8 Å². The fourth-order valence-electron chi connectivity index (χ4n) is 4.43. The van der Waals surface area contributed by atoms with E-state index in [9.17, 15) is 10.2 Å². The highest BCUT2D eigenvalue weighted by Gasteiger charge is 2.25. The number of aliphatic hydroxyl groups is 2. The van der Waals surface area contributed by atoms with Crippen LogP contribution in [-0.4, -0.2) is 47.5 Å². The maximum absolute atomic E-state index is 10.2. The molecule has 0 aromatic heterocycles. The van der Waals surface area contributed by atoms with E-state index in [0.717, 1.165) is 74.6 Å². The molecular formula is C29H41NO5. The Kier molecular flexibility index (Phi) is 11.0. The molecule has 192 valence electrons. The largest absolute Gasteiger partial charge is 0.504 e. The number of aryl methyl sites for hydroxylation is 1. The molecule has 0 spiro atoms. The lowest BCUT2D eigenvalue weighted by Gasteiger charge is -2.24. The van der Waals surface area contributed by atoms with Gasteiger partial charge in [-0.3, -0.25) is 0 Å². The quantitative estimate of drug-likeness (QED) is 0.214. The molecule has 0 saturated carbocycles. The number of aromatic hydroxyl groups is 1. The molecule has 2 aliphatic rings. The van der Waals surface area contributed by atoms with Gasteiger partial charge in [0.05, 0.1) is 12.5 Å². The average Bonchev–Trinajstić information content (AvgIpc) is 3.50. The minimum absolute atomic E-state index is 0.00232. The van der Waals surface area contributed by atoms with Crippen molar-refractivity contribution in [2.45, 2.75) is 77.7 Å². The molecule has 0 radical (unpaired) electrons. The molecule has 6 nitrogen and oxygen atoms in total. The number of hydrogen-bond donors (Lipinski definition) is 3. The minimum Gasteiger partial charge on any atom is -0.504 e. The first-order valence-corrected chi connectivity index (χ1v) is 13.0. The second-order valence-electron chi connectivity index (χ2n) is 9.51. The van der Waals surface area contributed by atoms with Gasteiger partial charge in [0.25, 0.3) is 0 Å². The van der Waals surface area contributed by atoms with Crippen LogP contribution < -0.4 is 4.74 Å². The number of phenolic OH excluding ortho intramolecular Hbond substituents is 1. The first-order valence-electron chi connectivity index (χ1n) is 13.0. The minimum atomic E-state index is 0.00232. The Balaban J connectivity index is 1.44. The Morgan fingerprint density at radius 1 is 1.23 bits per heavy atom. The third kappa shape index (κ3) is 8.34. The van der Waals surface area contributed by atoms with Crippen molar-refractivity contribution in [1.82, 2.24) is 0 Å². The van der Waals surface area contributed by atoms with Gasteiger partial charge in [0.15, 0.2) is 23.8 Å². The lowest BCUT2D eigenvalue weighted by molar-refractivity contribution is 0.103. The molecule has 0 bridgehead atoms. The van der Waals surface area contributed by atoms with E-state index in [2.05, 4.69) is 24.9 Å². The van der Waals surface area contributed by atoms with Gasteiger partial charge in [-0.05, 0) is 56.7 Å². The molecule has 2 heterocycles. The van der Waals surface area contributed by atoms with Crippen LogP contribution in [0.3, 0.4) is 0 Å². The van der Waals surface area contributed by atoms with E-state index in [1.165, 1.54) is 5.57 Å². The number of benzene rings is 1. The Labute approximate surface area is 210 Å². The second kappa shape index (κ2) is 14.2. The van der Waals surface area contributed by atoms with Crippen molar-refractivity contribution in [2.75, 3.05) is 19.8 Å². The van der Waals surface area contributed by atoms with E-state index in [1.54, 1.807) is 6.07 Å². The van der Waals surface area contributed by atoms with Crippen molar-refractivity contribution in [1.29, 1.82) is 0 Å². The van der Waals surface area contributed by atoms with Gasteiger partial charge in [-0.1, -0.05) is 38.4 Å². The summed E-state index contributed by atoms with van der Waals surface area (Å²) in [6, 6.07) is 6.47. The fraction of sp³-hybridized carbons (Fsp3) is 0.552. The van der Waals surface area contributed by atoms with Crippen LogP contribution in [0, 0.1) is 18.1 Å². The number of aliphatic imine (C=N–C) groups is 1. The summed E-state index contributed by atoms with van der Waals surface area (Å²) in [5, 5.41) is 28.8. The van der Waals surface area contributed by atoms with Crippen molar-refractivity contribution in [2.24, 2.45) is 10.9 Å². The number of aliphatic hydroxyl groups excluding tert-OH is 2. The number of nitrogens with zero attached hydrogens (tertiary/aromatic N) is 1. The number of unbranched alkanes of at least 4 members (excludes halogenated alkanes) is 2. The number of ether oxygens (including phenoxy) is 2. The summed E-state index contributed by atoms with van der Waals surface area (Å²) in [5.74, 6) is 1.04. The highest BCUT2D eigenvalue weighted by Crippen LogP contribution is 2.33. The van der Waals surface area contributed by atoms with Crippen LogP contribution in [0.25, 0.3) is 0 Å². The molecule has 0 fully saturated rings. The number of phenols is 1. The van der Waals surface area contributed by atoms with Crippen molar-refractivity contribution in [3.05, 3.63) is 59.2 Å².